The van der Waals surface area contributed by atoms with E-state index in [4.69, 9.17) is 5.11 Å². The molecule has 4 nitrogen and oxygen atoms in total. The number of piperidine rings is 1. The minimum atomic E-state index is -0.815. The molecule has 1 aromatic carbocycles. The Bertz CT molecular complexity index is 599. The first-order valence-electron chi connectivity index (χ1n) is 6.57. The number of carbonyl (C=O) groups is 1. The van der Waals surface area contributed by atoms with Crippen molar-refractivity contribution in [3.63, 3.8) is 0 Å². The van der Waals surface area contributed by atoms with Crippen LogP contribution in [0.2, 0.25) is 0 Å². The molecule has 0 radical (unpaired) electrons. The Morgan fingerprint density at radius 1 is 1.21 bits per heavy atom. The molecule has 0 bridgehead atoms. The maximum Gasteiger partial charge on any atom is 0.407 e. The van der Waals surface area contributed by atoms with Gasteiger partial charge in [-0.25, -0.2) is 4.79 Å². The maximum absolute atomic E-state index is 10.9. The highest BCUT2D eigenvalue weighted by Crippen LogP contribution is 2.31. The second-order valence-corrected chi connectivity index (χ2v) is 4.96. The van der Waals surface area contributed by atoms with E-state index in [1.807, 2.05) is 24.4 Å². The van der Waals surface area contributed by atoms with E-state index < -0.39 is 6.09 Å². The lowest BCUT2D eigenvalue weighted by Gasteiger charge is -2.30. The monoisotopic (exact) mass is 256 g/mol. The van der Waals surface area contributed by atoms with Gasteiger partial charge in [0.25, 0.3) is 0 Å². The second-order valence-electron chi connectivity index (χ2n) is 4.96. The van der Waals surface area contributed by atoms with Gasteiger partial charge in [0, 0.05) is 30.6 Å². The number of rotatable bonds is 1. The van der Waals surface area contributed by atoms with Crippen molar-refractivity contribution in [2.24, 2.45) is 0 Å². The van der Waals surface area contributed by atoms with Crippen LogP contribution in [-0.4, -0.2) is 34.2 Å². The van der Waals surface area contributed by atoms with Crippen LogP contribution >= 0.6 is 0 Å². The molecule has 0 atom stereocenters. The molecule has 4 heteroatoms. The molecule has 1 amide bonds. The number of hydrogen-bond donors (Lipinski definition) is 1. The molecule has 1 aromatic heterocycles. The molecule has 3 rings (SSSR count). The summed E-state index contributed by atoms with van der Waals surface area (Å²) in [6.07, 6.45) is 2.74. The molecule has 1 aliphatic heterocycles. The SMILES string of the molecule is O=C(O)N1CCC(c2nccc3ccccc23)CC1. The Hall–Kier alpha value is -2.10. The number of benzene rings is 1. The summed E-state index contributed by atoms with van der Waals surface area (Å²) >= 11 is 0. The average molecular weight is 256 g/mol. The van der Waals surface area contributed by atoms with Crippen LogP contribution < -0.4 is 0 Å². The lowest BCUT2D eigenvalue weighted by atomic mass is 9.90. The third kappa shape index (κ3) is 2.26. The van der Waals surface area contributed by atoms with Gasteiger partial charge in [0.15, 0.2) is 0 Å². The smallest absolute Gasteiger partial charge is 0.407 e. The first-order chi connectivity index (χ1) is 9.25. The zero-order chi connectivity index (χ0) is 13.2. The topological polar surface area (TPSA) is 53.4 Å². The molecule has 0 spiro atoms. The van der Waals surface area contributed by atoms with Crippen LogP contribution in [0, 0.1) is 0 Å². The number of hydrogen-bond acceptors (Lipinski definition) is 2. The van der Waals surface area contributed by atoms with E-state index in [0.717, 1.165) is 18.5 Å². The Balaban J connectivity index is 1.88. The molecule has 2 heterocycles. The summed E-state index contributed by atoms with van der Waals surface area (Å²) < 4.78 is 0. The number of amides is 1. The van der Waals surface area contributed by atoms with E-state index in [2.05, 4.69) is 17.1 Å². The molecular weight excluding hydrogens is 240 g/mol. The predicted molar refractivity (Wildman–Crippen MR) is 73.3 cm³/mol. The molecule has 1 saturated heterocycles. The molecule has 1 N–H and O–H groups in total. The molecule has 0 aliphatic carbocycles. The Morgan fingerprint density at radius 3 is 2.68 bits per heavy atom. The summed E-state index contributed by atoms with van der Waals surface area (Å²) in [7, 11) is 0. The summed E-state index contributed by atoms with van der Waals surface area (Å²) in [5.74, 6) is 0.363. The first kappa shape index (κ1) is 12.0. The number of carboxylic acid groups (broad SMARTS) is 1. The Morgan fingerprint density at radius 2 is 1.95 bits per heavy atom. The highest BCUT2D eigenvalue weighted by Gasteiger charge is 2.25. The Kier molecular flexibility index (Phi) is 3.07. The van der Waals surface area contributed by atoms with Crippen LogP contribution in [0.3, 0.4) is 0 Å². The minimum absolute atomic E-state index is 0.363. The molecule has 2 aromatic rings. The molecule has 98 valence electrons. The quantitative estimate of drug-likeness (QED) is 0.853. The standard InChI is InChI=1S/C15H16N2O2/c18-15(19)17-9-6-12(7-10-17)14-13-4-2-1-3-11(13)5-8-16-14/h1-5,8,12H,6-7,9-10H2,(H,18,19). The van der Waals surface area contributed by atoms with Crippen molar-refractivity contribution in [2.45, 2.75) is 18.8 Å². The third-order valence-corrected chi connectivity index (χ3v) is 3.86. The van der Waals surface area contributed by atoms with Crippen molar-refractivity contribution in [2.75, 3.05) is 13.1 Å². The fraction of sp³-hybridized carbons (Fsp3) is 0.333. The fourth-order valence-corrected chi connectivity index (χ4v) is 2.81. The lowest BCUT2D eigenvalue weighted by Crippen LogP contribution is -2.37. The van der Waals surface area contributed by atoms with Crippen LogP contribution in [0.25, 0.3) is 10.8 Å². The van der Waals surface area contributed by atoms with Crippen molar-refractivity contribution < 1.29 is 9.90 Å². The molecule has 0 saturated carbocycles. The summed E-state index contributed by atoms with van der Waals surface area (Å²) in [4.78, 5) is 16.9. The lowest BCUT2D eigenvalue weighted by molar-refractivity contribution is 0.132. The van der Waals surface area contributed by atoms with Gasteiger partial charge in [-0.2, -0.15) is 0 Å². The van der Waals surface area contributed by atoms with E-state index in [0.29, 0.717) is 19.0 Å². The second kappa shape index (κ2) is 4.88. The number of nitrogens with zero attached hydrogens (tertiary/aromatic N) is 2. The van der Waals surface area contributed by atoms with Gasteiger partial charge in [-0.05, 0) is 24.3 Å². The summed E-state index contributed by atoms with van der Waals surface area (Å²) in [6, 6.07) is 10.3. The molecule has 19 heavy (non-hydrogen) atoms. The van der Waals surface area contributed by atoms with E-state index in [1.165, 1.54) is 15.7 Å². The highest BCUT2D eigenvalue weighted by atomic mass is 16.4. The van der Waals surface area contributed by atoms with Gasteiger partial charge in [-0.15, -0.1) is 0 Å². The molecular formula is C15H16N2O2. The van der Waals surface area contributed by atoms with E-state index in [1.54, 1.807) is 0 Å². The van der Waals surface area contributed by atoms with E-state index in [9.17, 15) is 4.79 Å². The normalized spacial score (nSPS) is 16.7. The molecule has 0 unspecified atom stereocenters. The van der Waals surface area contributed by atoms with Crippen LogP contribution in [0.5, 0.6) is 0 Å². The van der Waals surface area contributed by atoms with Gasteiger partial charge in [0.2, 0.25) is 0 Å². The maximum atomic E-state index is 10.9. The predicted octanol–water partition coefficient (Wildman–Crippen LogP) is 3.09. The zero-order valence-corrected chi connectivity index (χ0v) is 10.6. The van der Waals surface area contributed by atoms with Crippen LogP contribution in [0.15, 0.2) is 36.5 Å². The third-order valence-electron chi connectivity index (χ3n) is 3.86. The minimum Gasteiger partial charge on any atom is -0.465 e. The van der Waals surface area contributed by atoms with Crippen LogP contribution in [-0.2, 0) is 0 Å². The van der Waals surface area contributed by atoms with Gasteiger partial charge in [0.1, 0.15) is 0 Å². The number of likely N-dealkylation sites (tertiary alicyclic amines) is 1. The zero-order valence-electron chi connectivity index (χ0n) is 10.6. The van der Waals surface area contributed by atoms with Crippen molar-refractivity contribution >= 4 is 16.9 Å². The largest absolute Gasteiger partial charge is 0.465 e. The summed E-state index contributed by atoms with van der Waals surface area (Å²) in [5, 5.41) is 11.4. The van der Waals surface area contributed by atoms with Gasteiger partial charge in [-0.3, -0.25) is 4.98 Å². The number of aromatic nitrogens is 1. The van der Waals surface area contributed by atoms with Crippen molar-refractivity contribution in [3.8, 4) is 0 Å². The fourth-order valence-electron chi connectivity index (χ4n) is 2.81. The van der Waals surface area contributed by atoms with Gasteiger partial charge >= 0.3 is 6.09 Å². The van der Waals surface area contributed by atoms with Crippen LogP contribution in [0.4, 0.5) is 4.79 Å². The van der Waals surface area contributed by atoms with Crippen LogP contribution in [0.1, 0.15) is 24.5 Å². The average Bonchev–Trinajstić information content (AvgIpc) is 2.47. The van der Waals surface area contributed by atoms with Crippen molar-refractivity contribution in [1.29, 1.82) is 0 Å². The van der Waals surface area contributed by atoms with Gasteiger partial charge < -0.3 is 10.0 Å². The summed E-state index contributed by atoms with van der Waals surface area (Å²) in [6.45, 7) is 1.20. The molecule has 1 aliphatic rings. The van der Waals surface area contributed by atoms with Gasteiger partial charge in [-0.1, -0.05) is 24.3 Å². The van der Waals surface area contributed by atoms with E-state index in [-0.39, 0.29) is 0 Å². The number of pyridine rings is 1. The van der Waals surface area contributed by atoms with Crippen molar-refractivity contribution in [1.82, 2.24) is 9.88 Å². The Labute approximate surface area is 111 Å². The van der Waals surface area contributed by atoms with Gasteiger partial charge in [0.05, 0.1) is 5.69 Å². The first-order valence-corrected chi connectivity index (χ1v) is 6.57. The summed E-state index contributed by atoms with van der Waals surface area (Å²) in [5.41, 5.74) is 1.11. The highest BCUT2D eigenvalue weighted by molar-refractivity contribution is 5.84. The van der Waals surface area contributed by atoms with E-state index >= 15 is 0 Å². The number of fused-ring (bicyclic) bond motifs is 1. The van der Waals surface area contributed by atoms with Crippen molar-refractivity contribution in [3.05, 3.63) is 42.2 Å². The molecule has 1 fully saturated rings.